The molecule has 1 aliphatic rings. The Morgan fingerprint density at radius 2 is 2.28 bits per heavy atom. The van der Waals surface area contributed by atoms with E-state index in [-0.39, 0.29) is 23.4 Å². The quantitative estimate of drug-likeness (QED) is 0.396. The lowest BCUT2D eigenvalue weighted by Gasteiger charge is -2.07. The van der Waals surface area contributed by atoms with Crippen molar-refractivity contribution in [2.24, 2.45) is 11.8 Å². The van der Waals surface area contributed by atoms with E-state index in [0.29, 0.717) is 5.92 Å². The van der Waals surface area contributed by atoms with Crippen molar-refractivity contribution < 1.29 is 4.92 Å². The van der Waals surface area contributed by atoms with Gasteiger partial charge in [0.05, 0.1) is 4.92 Å². The Balaban J connectivity index is 2.15. The number of nitro groups is 1. The molecule has 2 rings (SSSR count). The molecule has 2 unspecified atom stereocenters. The van der Waals surface area contributed by atoms with E-state index in [0.717, 1.165) is 19.3 Å². The zero-order chi connectivity index (χ0) is 13.1. The van der Waals surface area contributed by atoms with Crippen LogP contribution in [-0.4, -0.2) is 20.9 Å². The van der Waals surface area contributed by atoms with Crippen molar-refractivity contribution in [3.8, 4) is 0 Å². The lowest BCUT2D eigenvalue weighted by atomic mass is 10.2. The van der Waals surface area contributed by atoms with Gasteiger partial charge in [-0.2, -0.15) is 0 Å². The molecule has 4 N–H and O–H groups in total. The van der Waals surface area contributed by atoms with Gasteiger partial charge in [0.25, 0.3) is 0 Å². The fourth-order valence-corrected chi connectivity index (χ4v) is 2.05. The maximum atomic E-state index is 11.0. The average Bonchev–Trinajstić information content (AvgIpc) is 3.07. The number of aromatic nitrogens is 2. The molecule has 0 spiro atoms. The third-order valence-electron chi connectivity index (χ3n) is 3.05. The lowest BCUT2D eigenvalue weighted by molar-refractivity contribution is -0.383. The number of hydrogen-bond acceptors (Lipinski definition) is 7. The summed E-state index contributed by atoms with van der Waals surface area (Å²) in [7, 11) is 0. The Labute approximate surface area is 104 Å². The number of hydrogen-bond donors (Lipinski definition) is 3. The second-order valence-corrected chi connectivity index (χ2v) is 4.36. The molecule has 98 valence electrons. The van der Waals surface area contributed by atoms with Crippen LogP contribution in [0.25, 0.3) is 0 Å². The Morgan fingerprint density at radius 3 is 2.89 bits per heavy atom. The summed E-state index contributed by atoms with van der Waals surface area (Å²) in [5.41, 5.74) is 2.01. The Kier molecular flexibility index (Phi) is 3.56. The maximum absolute atomic E-state index is 11.0. The maximum Gasteiger partial charge on any atom is 0.354 e. The van der Waals surface area contributed by atoms with Gasteiger partial charge in [0, 0.05) is 6.04 Å². The van der Waals surface area contributed by atoms with Crippen LogP contribution >= 0.6 is 0 Å². The minimum absolute atomic E-state index is 0.0187. The molecule has 2 atom stereocenters. The first-order valence-electron chi connectivity index (χ1n) is 5.89. The van der Waals surface area contributed by atoms with Crippen molar-refractivity contribution in [3.05, 3.63) is 16.4 Å². The fourth-order valence-electron chi connectivity index (χ4n) is 2.05. The molecule has 1 aliphatic carbocycles. The number of nitrogen functional groups attached to an aromatic ring is 1. The monoisotopic (exact) mass is 252 g/mol. The highest BCUT2D eigenvalue weighted by Gasteiger charge is 2.38. The standard InChI is InChI=1S/C10H16N6O2/c1-2-3-6-4-7(6)14-9-8(16(17)18)10(15-11)13-5-12-9/h5-7H,2-4,11H2,1H3,(H2,12,13,14,15). The van der Waals surface area contributed by atoms with Crippen LogP contribution < -0.4 is 16.6 Å². The topological polar surface area (TPSA) is 119 Å². The molecule has 1 fully saturated rings. The smallest absolute Gasteiger partial charge is 0.354 e. The molecule has 1 aromatic heterocycles. The van der Waals surface area contributed by atoms with E-state index in [4.69, 9.17) is 5.84 Å². The molecule has 1 heterocycles. The highest BCUT2D eigenvalue weighted by atomic mass is 16.6. The number of nitrogens with one attached hydrogen (secondary N) is 2. The molecule has 1 aromatic rings. The molecule has 8 nitrogen and oxygen atoms in total. The summed E-state index contributed by atoms with van der Waals surface area (Å²) in [6.45, 7) is 2.12. The van der Waals surface area contributed by atoms with E-state index in [1.54, 1.807) is 0 Å². The number of nitrogens with two attached hydrogens (primary N) is 1. The van der Waals surface area contributed by atoms with Gasteiger partial charge in [0.2, 0.25) is 11.6 Å². The molecule has 0 aliphatic heterocycles. The molecule has 0 bridgehead atoms. The highest BCUT2D eigenvalue weighted by molar-refractivity contribution is 5.69. The average molecular weight is 252 g/mol. The molecular formula is C10H16N6O2. The summed E-state index contributed by atoms with van der Waals surface area (Å²) < 4.78 is 0. The van der Waals surface area contributed by atoms with Crippen LogP contribution in [-0.2, 0) is 0 Å². The largest absolute Gasteiger partial charge is 0.361 e. The third-order valence-corrected chi connectivity index (χ3v) is 3.05. The fraction of sp³-hybridized carbons (Fsp3) is 0.600. The Hall–Kier alpha value is -1.96. The van der Waals surface area contributed by atoms with Crippen molar-refractivity contribution in [2.45, 2.75) is 32.2 Å². The first-order valence-corrected chi connectivity index (χ1v) is 5.89. The molecule has 0 aromatic carbocycles. The van der Waals surface area contributed by atoms with Crippen LogP contribution in [0.4, 0.5) is 17.3 Å². The van der Waals surface area contributed by atoms with E-state index in [1.807, 2.05) is 0 Å². The highest BCUT2D eigenvalue weighted by Crippen LogP contribution is 2.39. The van der Waals surface area contributed by atoms with Crippen molar-refractivity contribution in [3.63, 3.8) is 0 Å². The SMILES string of the molecule is CCCC1CC1Nc1ncnc(NN)c1[N+](=O)[O-]. The van der Waals surface area contributed by atoms with Gasteiger partial charge in [-0.05, 0) is 18.8 Å². The Bertz CT molecular complexity index is 452. The number of hydrazine groups is 1. The van der Waals surface area contributed by atoms with E-state index < -0.39 is 4.92 Å². The first-order chi connectivity index (χ1) is 8.67. The van der Waals surface area contributed by atoms with Gasteiger partial charge in [0.1, 0.15) is 6.33 Å². The van der Waals surface area contributed by atoms with Crippen molar-refractivity contribution in [1.82, 2.24) is 9.97 Å². The first kappa shape index (κ1) is 12.5. The van der Waals surface area contributed by atoms with E-state index in [1.165, 1.54) is 6.33 Å². The summed E-state index contributed by atoms with van der Waals surface area (Å²) in [4.78, 5) is 18.1. The van der Waals surface area contributed by atoms with Crippen LogP contribution in [0.2, 0.25) is 0 Å². The minimum atomic E-state index is -0.533. The van der Waals surface area contributed by atoms with Crippen LogP contribution in [0.15, 0.2) is 6.33 Å². The molecule has 18 heavy (non-hydrogen) atoms. The third kappa shape index (κ3) is 2.48. The van der Waals surface area contributed by atoms with E-state index >= 15 is 0 Å². The zero-order valence-corrected chi connectivity index (χ0v) is 10.1. The van der Waals surface area contributed by atoms with Gasteiger partial charge in [0.15, 0.2) is 0 Å². The van der Waals surface area contributed by atoms with Gasteiger partial charge in [-0.3, -0.25) is 10.1 Å². The van der Waals surface area contributed by atoms with E-state index in [9.17, 15) is 10.1 Å². The van der Waals surface area contributed by atoms with Gasteiger partial charge in [-0.1, -0.05) is 13.3 Å². The molecule has 8 heteroatoms. The Morgan fingerprint density at radius 1 is 1.56 bits per heavy atom. The minimum Gasteiger partial charge on any atom is -0.361 e. The molecular weight excluding hydrogens is 236 g/mol. The summed E-state index contributed by atoms with van der Waals surface area (Å²) in [5, 5.41) is 14.1. The lowest BCUT2D eigenvalue weighted by Crippen LogP contribution is -2.15. The van der Waals surface area contributed by atoms with Crippen molar-refractivity contribution >= 4 is 17.3 Å². The summed E-state index contributed by atoms with van der Waals surface area (Å²) >= 11 is 0. The van der Waals surface area contributed by atoms with Crippen LogP contribution in [0.3, 0.4) is 0 Å². The van der Waals surface area contributed by atoms with Gasteiger partial charge >= 0.3 is 5.69 Å². The van der Waals surface area contributed by atoms with Crippen molar-refractivity contribution in [1.29, 1.82) is 0 Å². The number of nitrogens with zero attached hydrogens (tertiary/aromatic N) is 3. The summed E-state index contributed by atoms with van der Waals surface area (Å²) in [6, 6.07) is 0.268. The predicted molar refractivity (Wildman–Crippen MR) is 66.9 cm³/mol. The second-order valence-electron chi connectivity index (χ2n) is 4.36. The van der Waals surface area contributed by atoms with Crippen LogP contribution in [0, 0.1) is 16.0 Å². The number of anilines is 2. The predicted octanol–water partition coefficient (Wildman–Crippen LogP) is 1.27. The van der Waals surface area contributed by atoms with Crippen molar-refractivity contribution in [2.75, 3.05) is 10.7 Å². The van der Waals surface area contributed by atoms with E-state index in [2.05, 4.69) is 27.6 Å². The van der Waals surface area contributed by atoms with Crippen LogP contribution in [0.1, 0.15) is 26.2 Å². The summed E-state index contributed by atoms with van der Waals surface area (Å²) in [6.07, 6.45) is 4.52. The second kappa shape index (κ2) is 5.13. The number of rotatable bonds is 6. The zero-order valence-electron chi connectivity index (χ0n) is 10.1. The van der Waals surface area contributed by atoms with Crippen LogP contribution in [0.5, 0.6) is 0 Å². The summed E-state index contributed by atoms with van der Waals surface area (Å²) in [5.74, 6) is 6.04. The molecule has 0 saturated heterocycles. The van der Waals surface area contributed by atoms with Gasteiger partial charge < -0.3 is 10.7 Å². The molecule has 0 amide bonds. The molecule has 1 saturated carbocycles. The normalized spacial score (nSPS) is 21.4. The van der Waals surface area contributed by atoms with Gasteiger partial charge in [-0.25, -0.2) is 15.8 Å². The molecule has 0 radical (unpaired) electrons. The van der Waals surface area contributed by atoms with Gasteiger partial charge in [-0.15, -0.1) is 0 Å².